The molecule has 0 aliphatic carbocycles. The van der Waals surface area contributed by atoms with Gasteiger partial charge in [-0.25, -0.2) is 0 Å². The molecule has 4 heteroatoms. The summed E-state index contributed by atoms with van der Waals surface area (Å²) in [7, 11) is 0. The molecule has 0 aromatic rings. The summed E-state index contributed by atoms with van der Waals surface area (Å²) in [4.78, 5) is 14.6. The van der Waals surface area contributed by atoms with Gasteiger partial charge in [0.2, 0.25) is 5.91 Å². The Morgan fingerprint density at radius 2 is 2.29 bits per heavy atom. The van der Waals surface area contributed by atoms with Gasteiger partial charge in [0.25, 0.3) is 0 Å². The van der Waals surface area contributed by atoms with Crippen LogP contribution in [0.5, 0.6) is 0 Å². The molecule has 2 rings (SSSR count). The SMILES string of the molecule is CCN1CCCC(NC(=O)C2CCNC2C)C1. The van der Waals surface area contributed by atoms with E-state index in [4.69, 9.17) is 0 Å². The van der Waals surface area contributed by atoms with Crippen LogP contribution in [0, 0.1) is 5.92 Å². The second kappa shape index (κ2) is 5.83. The van der Waals surface area contributed by atoms with Gasteiger partial charge in [0.05, 0.1) is 5.92 Å². The van der Waals surface area contributed by atoms with E-state index in [1.807, 2.05) is 0 Å². The van der Waals surface area contributed by atoms with E-state index < -0.39 is 0 Å². The summed E-state index contributed by atoms with van der Waals surface area (Å²) in [6.07, 6.45) is 3.32. The normalized spacial score (nSPS) is 34.8. The molecule has 0 aromatic carbocycles. The van der Waals surface area contributed by atoms with Crippen LogP contribution in [0.3, 0.4) is 0 Å². The Kier molecular flexibility index (Phi) is 4.40. The van der Waals surface area contributed by atoms with E-state index in [2.05, 4.69) is 29.4 Å². The van der Waals surface area contributed by atoms with Crippen molar-refractivity contribution < 1.29 is 4.79 Å². The summed E-state index contributed by atoms with van der Waals surface area (Å²) in [6.45, 7) is 8.57. The molecule has 2 saturated heterocycles. The molecule has 98 valence electrons. The number of carbonyl (C=O) groups is 1. The zero-order valence-electron chi connectivity index (χ0n) is 11.0. The lowest BCUT2D eigenvalue weighted by Gasteiger charge is -2.33. The van der Waals surface area contributed by atoms with E-state index in [1.165, 1.54) is 13.0 Å². The molecule has 2 N–H and O–H groups in total. The van der Waals surface area contributed by atoms with Crippen LogP contribution in [0.4, 0.5) is 0 Å². The van der Waals surface area contributed by atoms with Crippen molar-refractivity contribution in [3.63, 3.8) is 0 Å². The van der Waals surface area contributed by atoms with Gasteiger partial charge in [0, 0.05) is 18.6 Å². The fraction of sp³-hybridized carbons (Fsp3) is 0.923. The quantitative estimate of drug-likeness (QED) is 0.757. The number of rotatable bonds is 3. The van der Waals surface area contributed by atoms with Crippen molar-refractivity contribution in [2.45, 2.75) is 45.2 Å². The third-order valence-electron chi connectivity index (χ3n) is 4.16. The Bertz CT molecular complexity index is 269. The minimum absolute atomic E-state index is 0.173. The molecule has 3 unspecified atom stereocenters. The molecule has 3 atom stereocenters. The van der Waals surface area contributed by atoms with Crippen LogP contribution in [-0.2, 0) is 4.79 Å². The number of carbonyl (C=O) groups excluding carboxylic acids is 1. The summed E-state index contributed by atoms with van der Waals surface area (Å²) in [5, 5.41) is 6.57. The first-order chi connectivity index (χ1) is 8.20. The molecule has 2 aliphatic heterocycles. The van der Waals surface area contributed by atoms with Crippen molar-refractivity contribution in [3.05, 3.63) is 0 Å². The molecule has 0 bridgehead atoms. The Balaban J connectivity index is 1.81. The van der Waals surface area contributed by atoms with Gasteiger partial charge < -0.3 is 15.5 Å². The van der Waals surface area contributed by atoms with E-state index in [0.29, 0.717) is 12.1 Å². The Hall–Kier alpha value is -0.610. The van der Waals surface area contributed by atoms with Crippen LogP contribution < -0.4 is 10.6 Å². The number of hydrogen-bond donors (Lipinski definition) is 2. The zero-order chi connectivity index (χ0) is 12.3. The number of piperidine rings is 1. The molecule has 1 amide bonds. The van der Waals surface area contributed by atoms with Gasteiger partial charge in [-0.2, -0.15) is 0 Å². The molecule has 4 nitrogen and oxygen atoms in total. The molecule has 2 heterocycles. The van der Waals surface area contributed by atoms with Crippen molar-refractivity contribution in [3.8, 4) is 0 Å². The Labute approximate surface area is 104 Å². The van der Waals surface area contributed by atoms with Crippen LogP contribution in [0.15, 0.2) is 0 Å². The van der Waals surface area contributed by atoms with Crippen molar-refractivity contribution in [2.24, 2.45) is 5.92 Å². The number of hydrogen-bond acceptors (Lipinski definition) is 3. The molecular weight excluding hydrogens is 214 g/mol. The molecular formula is C13H25N3O. The van der Waals surface area contributed by atoms with Crippen LogP contribution in [0.25, 0.3) is 0 Å². The number of nitrogens with zero attached hydrogens (tertiary/aromatic N) is 1. The summed E-state index contributed by atoms with van der Waals surface area (Å²) in [6, 6.07) is 0.699. The van der Waals surface area contributed by atoms with E-state index in [9.17, 15) is 4.79 Å². The van der Waals surface area contributed by atoms with Crippen molar-refractivity contribution in [2.75, 3.05) is 26.2 Å². The summed E-state index contributed by atoms with van der Waals surface area (Å²) < 4.78 is 0. The van der Waals surface area contributed by atoms with Gasteiger partial charge in [0.1, 0.15) is 0 Å². The molecule has 0 saturated carbocycles. The van der Waals surface area contributed by atoms with E-state index in [1.54, 1.807) is 0 Å². The maximum absolute atomic E-state index is 12.1. The molecule has 0 aromatic heterocycles. The average molecular weight is 239 g/mol. The Morgan fingerprint density at radius 1 is 1.47 bits per heavy atom. The first-order valence-corrected chi connectivity index (χ1v) is 6.96. The molecule has 17 heavy (non-hydrogen) atoms. The minimum atomic E-state index is 0.173. The lowest BCUT2D eigenvalue weighted by atomic mass is 9.99. The van der Waals surface area contributed by atoms with E-state index in [0.717, 1.165) is 32.5 Å². The van der Waals surface area contributed by atoms with Crippen molar-refractivity contribution in [1.29, 1.82) is 0 Å². The lowest BCUT2D eigenvalue weighted by molar-refractivity contribution is -0.126. The first-order valence-electron chi connectivity index (χ1n) is 6.96. The van der Waals surface area contributed by atoms with Gasteiger partial charge in [-0.1, -0.05) is 6.92 Å². The van der Waals surface area contributed by atoms with Gasteiger partial charge in [-0.05, 0) is 45.8 Å². The highest BCUT2D eigenvalue weighted by molar-refractivity contribution is 5.80. The van der Waals surface area contributed by atoms with Crippen LogP contribution in [-0.4, -0.2) is 49.1 Å². The standard InChI is InChI=1S/C13H25N3O/c1-3-16-8-4-5-11(9-16)15-13(17)12-6-7-14-10(12)2/h10-12,14H,3-9H2,1-2H3,(H,15,17). The van der Waals surface area contributed by atoms with Crippen LogP contribution in [0.2, 0.25) is 0 Å². The summed E-state index contributed by atoms with van der Waals surface area (Å²) in [5.41, 5.74) is 0. The number of likely N-dealkylation sites (N-methyl/N-ethyl adjacent to an activating group) is 1. The van der Waals surface area contributed by atoms with Crippen LogP contribution in [0.1, 0.15) is 33.1 Å². The van der Waals surface area contributed by atoms with E-state index in [-0.39, 0.29) is 11.8 Å². The van der Waals surface area contributed by atoms with Crippen molar-refractivity contribution in [1.82, 2.24) is 15.5 Å². The molecule has 0 spiro atoms. The maximum Gasteiger partial charge on any atom is 0.224 e. The maximum atomic E-state index is 12.1. The third kappa shape index (κ3) is 3.19. The predicted octanol–water partition coefficient (Wildman–Crippen LogP) is 0.585. The second-order valence-electron chi connectivity index (χ2n) is 5.38. The number of nitrogens with one attached hydrogen (secondary N) is 2. The average Bonchev–Trinajstić information content (AvgIpc) is 2.76. The van der Waals surface area contributed by atoms with Gasteiger partial charge in [0.15, 0.2) is 0 Å². The van der Waals surface area contributed by atoms with Gasteiger partial charge >= 0.3 is 0 Å². The molecule has 2 fully saturated rings. The third-order valence-corrected chi connectivity index (χ3v) is 4.16. The minimum Gasteiger partial charge on any atom is -0.352 e. The molecule has 0 radical (unpaired) electrons. The number of likely N-dealkylation sites (tertiary alicyclic amines) is 1. The predicted molar refractivity (Wildman–Crippen MR) is 68.9 cm³/mol. The first kappa shape index (κ1) is 12.8. The highest BCUT2D eigenvalue weighted by Gasteiger charge is 2.31. The lowest BCUT2D eigenvalue weighted by Crippen LogP contribution is -2.50. The summed E-state index contributed by atoms with van der Waals surface area (Å²) >= 11 is 0. The highest BCUT2D eigenvalue weighted by atomic mass is 16.2. The van der Waals surface area contributed by atoms with E-state index >= 15 is 0 Å². The fourth-order valence-corrected chi connectivity index (χ4v) is 2.99. The smallest absolute Gasteiger partial charge is 0.224 e. The highest BCUT2D eigenvalue weighted by Crippen LogP contribution is 2.17. The van der Waals surface area contributed by atoms with Gasteiger partial charge in [-0.15, -0.1) is 0 Å². The fourth-order valence-electron chi connectivity index (χ4n) is 2.99. The van der Waals surface area contributed by atoms with Gasteiger partial charge in [-0.3, -0.25) is 4.79 Å². The number of amides is 1. The van der Waals surface area contributed by atoms with Crippen molar-refractivity contribution >= 4 is 5.91 Å². The largest absolute Gasteiger partial charge is 0.352 e. The van der Waals surface area contributed by atoms with Crippen LogP contribution >= 0.6 is 0 Å². The molecule has 2 aliphatic rings. The topological polar surface area (TPSA) is 44.4 Å². The summed E-state index contributed by atoms with van der Waals surface area (Å²) in [5.74, 6) is 0.428. The Morgan fingerprint density at radius 3 is 2.94 bits per heavy atom. The monoisotopic (exact) mass is 239 g/mol. The second-order valence-corrected chi connectivity index (χ2v) is 5.38. The zero-order valence-corrected chi connectivity index (χ0v) is 11.0.